The van der Waals surface area contributed by atoms with E-state index in [4.69, 9.17) is 14.5 Å². The summed E-state index contributed by atoms with van der Waals surface area (Å²) in [4.78, 5) is 8.87. The van der Waals surface area contributed by atoms with Gasteiger partial charge in [0.1, 0.15) is 18.8 Å². The van der Waals surface area contributed by atoms with Gasteiger partial charge >= 0.3 is 0 Å². The summed E-state index contributed by atoms with van der Waals surface area (Å²) in [5.74, 6) is 0.951. The van der Waals surface area contributed by atoms with E-state index in [1.165, 1.54) is 6.20 Å². The van der Waals surface area contributed by atoms with Gasteiger partial charge in [-0.2, -0.15) is 4.39 Å². The van der Waals surface area contributed by atoms with Gasteiger partial charge in [0, 0.05) is 18.0 Å². The zero-order valence-electron chi connectivity index (χ0n) is 17.2. The Kier molecular flexibility index (Phi) is 4.28. The molecule has 1 unspecified atom stereocenters. The molecule has 0 N–H and O–H groups in total. The van der Waals surface area contributed by atoms with Crippen molar-refractivity contribution in [3.63, 3.8) is 0 Å². The minimum absolute atomic E-state index is 0.460. The van der Waals surface area contributed by atoms with Crippen LogP contribution in [0, 0.1) is 5.95 Å². The summed E-state index contributed by atoms with van der Waals surface area (Å²) in [5.41, 5.74) is 4.47. The molecule has 2 aliphatic rings. The lowest BCUT2D eigenvalue weighted by Gasteiger charge is -2.31. The van der Waals surface area contributed by atoms with E-state index in [2.05, 4.69) is 17.1 Å². The Labute approximate surface area is 185 Å². The van der Waals surface area contributed by atoms with E-state index in [0.29, 0.717) is 24.5 Å². The predicted octanol–water partition coefficient (Wildman–Crippen LogP) is 5.38. The second kappa shape index (κ2) is 7.31. The lowest BCUT2D eigenvalue weighted by atomic mass is 9.77. The van der Waals surface area contributed by atoms with Crippen LogP contribution >= 0.6 is 0 Å². The predicted molar refractivity (Wildman–Crippen MR) is 121 cm³/mol. The average molecular weight is 422 g/mol. The fourth-order valence-electron chi connectivity index (χ4n) is 4.58. The highest BCUT2D eigenvalue weighted by Crippen LogP contribution is 2.47. The molecule has 1 aromatic heterocycles. The molecule has 5 heteroatoms. The van der Waals surface area contributed by atoms with Crippen LogP contribution in [0.5, 0.6) is 11.5 Å². The average Bonchev–Trinajstić information content (AvgIpc) is 3.25. The zero-order valence-corrected chi connectivity index (χ0v) is 17.2. The Hall–Kier alpha value is -3.99. The van der Waals surface area contributed by atoms with E-state index in [1.54, 1.807) is 12.1 Å². The van der Waals surface area contributed by atoms with Crippen LogP contribution in [-0.2, 0) is 5.54 Å². The van der Waals surface area contributed by atoms with Crippen LogP contribution in [-0.4, -0.2) is 24.4 Å². The van der Waals surface area contributed by atoms with Crippen LogP contribution in [0.4, 0.5) is 4.39 Å². The van der Waals surface area contributed by atoms with E-state index in [1.807, 2.05) is 60.8 Å². The molecule has 3 aromatic carbocycles. The number of hydrogen-bond acceptors (Lipinski definition) is 4. The van der Waals surface area contributed by atoms with Crippen molar-refractivity contribution in [3.05, 3.63) is 113 Å². The van der Waals surface area contributed by atoms with E-state index in [-0.39, 0.29) is 0 Å². The summed E-state index contributed by atoms with van der Waals surface area (Å²) >= 11 is 0. The van der Waals surface area contributed by atoms with Crippen LogP contribution in [0.25, 0.3) is 11.1 Å². The Morgan fingerprint density at radius 3 is 2.53 bits per heavy atom. The number of aliphatic imine (C=N–C) groups is 1. The maximum absolute atomic E-state index is 14.5. The van der Waals surface area contributed by atoms with Gasteiger partial charge in [0.05, 0.1) is 0 Å². The molecule has 4 nitrogen and oxygen atoms in total. The maximum atomic E-state index is 14.5. The van der Waals surface area contributed by atoms with Gasteiger partial charge in [-0.25, -0.2) is 4.98 Å². The molecule has 6 rings (SSSR count). The first-order chi connectivity index (χ1) is 15.8. The summed E-state index contributed by atoms with van der Waals surface area (Å²) in [6.45, 7) is 1.05. The highest BCUT2D eigenvalue weighted by molar-refractivity contribution is 5.89. The molecule has 32 heavy (non-hydrogen) atoms. The summed E-state index contributed by atoms with van der Waals surface area (Å²) in [6.07, 6.45) is 3.36. The van der Waals surface area contributed by atoms with E-state index in [9.17, 15) is 4.39 Å². The number of fused-ring (bicyclic) bond motifs is 2. The fourth-order valence-corrected chi connectivity index (χ4v) is 4.58. The number of pyridine rings is 1. The number of benzene rings is 3. The molecule has 3 heterocycles. The zero-order chi connectivity index (χ0) is 21.5. The van der Waals surface area contributed by atoms with Crippen LogP contribution in [0.15, 0.2) is 90.1 Å². The van der Waals surface area contributed by atoms with Crippen molar-refractivity contribution in [2.24, 2.45) is 4.99 Å². The van der Waals surface area contributed by atoms with Gasteiger partial charge in [-0.05, 0) is 58.1 Å². The molecule has 0 saturated carbocycles. The minimum Gasteiger partial charge on any atom is -0.486 e. The lowest BCUT2D eigenvalue weighted by Crippen LogP contribution is -2.26. The summed E-state index contributed by atoms with van der Waals surface area (Å²) in [6, 6.07) is 25.5. The molecule has 0 spiro atoms. The van der Waals surface area contributed by atoms with Gasteiger partial charge in [-0.1, -0.05) is 48.5 Å². The Bertz CT molecular complexity index is 1370. The first-order valence-corrected chi connectivity index (χ1v) is 10.5. The molecule has 4 aromatic rings. The van der Waals surface area contributed by atoms with Gasteiger partial charge in [0.25, 0.3) is 0 Å². The molecule has 1 atom stereocenters. The summed E-state index contributed by atoms with van der Waals surface area (Å²) < 4.78 is 26.1. The van der Waals surface area contributed by atoms with Crippen molar-refractivity contribution in [1.29, 1.82) is 0 Å². The number of nitrogens with zero attached hydrogens (tertiary/aromatic N) is 2. The minimum atomic E-state index is -0.777. The lowest BCUT2D eigenvalue weighted by molar-refractivity contribution is 0.171. The van der Waals surface area contributed by atoms with Crippen LogP contribution in [0.1, 0.15) is 22.3 Å². The maximum Gasteiger partial charge on any atom is 0.220 e. The third-order valence-corrected chi connectivity index (χ3v) is 6.06. The molecular formula is C27H19FN2O2. The number of hydrogen-bond donors (Lipinski definition) is 0. The monoisotopic (exact) mass is 422 g/mol. The number of halogens is 1. The second-order valence-corrected chi connectivity index (χ2v) is 7.84. The SMILES string of the molecule is Fc1ncccc1-c1cccc(C2(c3ccc4c(c3)OCCO4)N=Cc3ccccc32)c1. The molecule has 0 aliphatic carbocycles. The molecule has 156 valence electrons. The first kappa shape index (κ1) is 18.8. The Balaban J connectivity index is 1.59. The number of rotatable bonds is 3. The Morgan fingerprint density at radius 1 is 0.781 bits per heavy atom. The Morgan fingerprint density at radius 2 is 1.62 bits per heavy atom. The highest BCUT2D eigenvalue weighted by atomic mass is 19.1. The van der Waals surface area contributed by atoms with E-state index < -0.39 is 11.5 Å². The van der Waals surface area contributed by atoms with Crippen molar-refractivity contribution in [2.45, 2.75) is 5.54 Å². The van der Waals surface area contributed by atoms with Gasteiger partial charge in [-0.3, -0.25) is 4.99 Å². The van der Waals surface area contributed by atoms with Gasteiger partial charge in [0.2, 0.25) is 5.95 Å². The van der Waals surface area contributed by atoms with Crippen molar-refractivity contribution in [1.82, 2.24) is 4.98 Å². The van der Waals surface area contributed by atoms with Gasteiger partial charge < -0.3 is 9.47 Å². The molecular weight excluding hydrogens is 403 g/mol. The molecule has 0 bridgehead atoms. The smallest absolute Gasteiger partial charge is 0.220 e. The standard InChI is InChI=1S/C27H19FN2O2/c28-26-22(8-4-12-29-26)18-6-3-7-20(15-18)27(23-9-2-1-5-19(23)17-30-27)21-10-11-24-25(16-21)32-14-13-31-24/h1-12,15-17H,13-14H2. The molecule has 0 fully saturated rings. The topological polar surface area (TPSA) is 43.7 Å². The summed E-state index contributed by atoms with van der Waals surface area (Å²) in [7, 11) is 0. The van der Waals surface area contributed by atoms with Crippen molar-refractivity contribution in [3.8, 4) is 22.6 Å². The highest BCUT2D eigenvalue weighted by Gasteiger charge is 2.41. The third-order valence-electron chi connectivity index (χ3n) is 6.06. The number of aromatic nitrogens is 1. The van der Waals surface area contributed by atoms with Crippen LogP contribution in [0.2, 0.25) is 0 Å². The van der Waals surface area contributed by atoms with E-state index >= 15 is 0 Å². The molecule has 0 radical (unpaired) electrons. The molecule has 2 aliphatic heterocycles. The van der Waals surface area contributed by atoms with Crippen molar-refractivity contribution >= 4 is 6.21 Å². The third kappa shape index (κ3) is 2.82. The van der Waals surface area contributed by atoms with Crippen molar-refractivity contribution < 1.29 is 13.9 Å². The molecule has 0 saturated heterocycles. The second-order valence-electron chi connectivity index (χ2n) is 7.84. The van der Waals surface area contributed by atoms with Gasteiger partial charge in [-0.15, -0.1) is 0 Å². The summed E-state index contributed by atoms with van der Waals surface area (Å²) in [5, 5.41) is 0. The largest absolute Gasteiger partial charge is 0.486 e. The molecule has 0 amide bonds. The van der Waals surface area contributed by atoms with E-state index in [0.717, 1.165) is 33.6 Å². The first-order valence-electron chi connectivity index (χ1n) is 10.5. The van der Waals surface area contributed by atoms with Crippen LogP contribution < -0.4 is 9.47 Å². The van der Waals surface area contributed by atoms with Crippen molar-refractivity contribution in [2.75, 3.05) is 13.2 Å². The van der Waals surface area contributed by atoms with Gasteiger partial charge in [0.15, 0.2) is 11.5 Å². The normalized spacial score (nSPS) is 18.4. The number of ether oxygens (including phenoxy) is 2. The quantitative estimate of drug-likeness (QED) is 0.416. The fraction of sp³-hybridized carbons (Fsp3) is 0.111. The van der Waals surface area contributed by atoms with Crippen LogP contribution in [0.3, 0.4) is 0 Å².